The van der Waals surface area contributed by atoms with E-state index in [-0.39, 0.29) is 18.0 Å². The van der Waals surface area contributed by atoms with E-state index in [9.17, 15) is 18.0 Å². The Morgan fingerprint density at radius 2 is 1.78 bits per heavy atom. The van der Waals surface area contributed by atoms with Gasteiger partial charge < -0.3 is 9.80 Å². The number of halogens is 3. The van der Waals surface area contributed by atoms with Crippen molar-refractivity contribution in [1.29, 1.82) is 0 Å². The SMILES string of the molecule is CC1CN(c2ccc(C(F)(F)F)cn2)CC(C)N1CC(=O)N1CC=C(c2ccc3ccccc3n2)CC1. The first-order chi connectivity index (χ1) is 17.7. The molecule has 2 aliphatic heterocycles. The van der Waals surface area contributed by atoms with E-state index >= 15 is 0 Å². The fourth-order valence-corrected chi connectivity index (χ4v) is 5.23. The minimum Gasteiger partial charge on any atom is -0.354 e. The summed E-state index contributed by atoms with van der Waals surface area (Å²) in [5.41, 5.74) is 2.33. The normalized spacial score (nSPS) is 21.3. The maximum absolute atomic E-state index is 13.2. The van der Waals surface area contributed by atoms with E-state index in [0.717, 1.165) is 40.9 Å². The predicted octanol–water partition coefficient (Wildman–Crippen LogP) is 4.86. The molecule has 1 saturated heterocycles. The van der Waals surface area contributed by atoms with Crippen molar-refractivity contribution in [2.24, 2.45) is 0 Å². The maximum atomic E-state index is 13.2. The summed E-state index contributed by atoms with van der Waals surface area (Å²) in [6, 6.07) is 14.8. The van der Waals surface area contributed by atoms with Gasteiger partial charge in [0.15, 0.2) is 0 Å². The average molecular weight is 510 g/mol. The van der Waals surface area contributed by atoms with Crippen molar-refractivity contribution in [3.05, 3.63) is 72.1 Å². The number of hydrogen-bond donors (Lipinski definition) is 0. The maximum Gasteiger partial charge on any atom is 0.417 e. The Balaban J connectivity index is 1.19. The number of carbonyl (C=O) groups is 1. The van der Waals surface area contributed by atoms with Crippen molar-refractivity contribution in [2.45, 2.75) is 38.5 Å². The fourth-order valence-electron chi connectivity index (χ4n) is 5.23. The van der Waals surface area contributed by atoms with Gasteiger partial charge in [-0.05, 0) is 50.1 Å². The number of alkyl halides is 3. The molecular formula is C28H30F3N5O. The second-order valence-electron chi connectivity index (χ2n) is 9.89. The number of para-hydroxylation sites is 1. The number of fused-ring (bicyclic) bond motifs is 1. The van der Waals surface area contributed by atoms with Crippen LogP contribution in [0.5, 0.6) is 0 Å². The Kier molecular flexibility index (Phi) is 6.90. The van der Waals surface area contributed by atoms with Gasteiger partial charge in [0.1, 0.15) is 5.82 Å². The van der Waals surface area contributed by atoms with Crippen molar-refractivity contribution < 1.29 is 18.0 Å². The summed E-state index contributed by atoms with van der Waals surface area (Å²) in [6.45, 7) is 6.78. The van der Waals surface area contributed by atoms with Gasteiger partial charge in [0.2, 0.25) is 5.91 Å². The lowest BCUT2D eigenvalue weighted by molar-refractivity contribution is -0.137. The lowest BCUT2D eigenvalue weighted by atomic mass is 10.0. The monoisotopic (exact) mass is 509 g/mol. The summed E-state index contributed by atoms with van der Waals surface area (Å²) in [4.78, 5) is 28.0. The summed E-state index contributed by atoms with van der Waals surface area (Å²) >= 11 is 0. The number of pyridine rings is 2. The van der Waals surface area contributed by atoms with Crippen molar-refractivity contribution >= 4 is 28.2 Å². The molecule has 1 amide bonds. The highest BCUT2D eigenvalue weighted by Crippen LogP contribution is 2.30. The number of hydrogen-bond acceptors (Lipinski definition) is 5. The number of anilines is 1. The molecular weight excluding hydrogens is 479 g/mol. The summed E-state index contributed by atoms with van der Waals surface area (Å²) in [7, 11) is 0. The number of piperazine rings is 1. The van der Waals surface area contributed by atoms with Crippen LogP contribution in [0.4, 0.5) is 19.0 Å². The van der Waals surface area contributed by atoms with Gasteiger partial charge in [0.25, 0.3) is 0 Å². The third-order valence-corrected chi connectivity index (χ3v) is 7.31. The molecule has 0 spiro atoms. The second-order valence-corrected chi connectivity index (χ2v) is 9.89. The molecule has 0 bridgehead atoms. The van der Waals surface area contributed by atoms with Crippen molar-refractivity contribution in [2.75, 3.05) is 37.6 Å². The Hall–Kier alpha value is -3.46. The van der Waals surface area contributed by atoms with Gasteiger partial charge in [-0.25, -0.2) is 9.97 Å². The molecule has 4 heterocycles. The molecule has 2 atom stereocenters. The topological polar surface area (TPSA) is 52.6 Å². The van der Waals surface area contributed by atoms with Crippen LogP contribution in [0, 0.1) is 0 Å². The predicted molar refractivity (Wildman–Crippen MR) is 138 cm³/mol. The number of aromatic nitrogens is 2. The minimum atomic E-state index is -4.40. The molecule has 0 saturated carbocycles. The molecule has 0 N–H and O–H groups in total. The van der Waals surface area contributed by atoms with Gasteiger partial charge in [-0.2, -0.15) is 13.2 Å². The lowest BCUT2D eigenvalue weighted by Gasteiger charge is -2.45. The molecule has 37 heavy (non-hydrogen) atoms. The number of nitrogens with zero attached hydrogens (tertiary/aromatic N) is 5. The van der Waals surface area contributed by atoms with Crippen LogP contribution < -0.4 is 4.90 Å². The molecule has 9 heteroatoms. The van der Waals surface area contributed by atoms with E-state index in [1.54, 1.807) is 0 Å². The van der Waals surface area contributed by atoms with Crippen LogP contribution in [-0.2, 0) is 11.0 Å². The first kappa shape index (κ1) is 25.2. The highest BCUT2D eigenvalue weighted by Gasteiger charge is 2.34. The molecule has 194 valence electrons. The van der Waals surface area contributed by atoms with Crippen LogP contribution in [0.2, 0.25) is 0 Å². The van der Waals surface area contributed by atoms with E-state index in [1.807, 2.05) is 54.0 Å². The zero-order valence-electron chi connectivity index (χ0n) is 20.9. The van der Waals surface area contributed by atoms with E-state index in [0.29, 0.717) is 38.5 Å². The molecule has 2 unspecified atom stereocenters. The lowest BCUT2D eigenvalue weighted by Crippen LogP contribution is -2.59. The standard InChI is InChI=1S/C28H30F3N5O/c1-19-16-35(26-10-8-23(15-32-26)28(29,30)31)17-20(2)36(19)18-27(37)34-13-11-22(12-14-34)25-9-7-21-5-3-4-6-24(21)33-25/h3-11,15,19-20H,12-14,16-18H2,1-2H3. The number of carbonyl (C=O) groups excluding carboxylic acids is 1. The average Bonchev–Trinajstić information content (AvgIpc) is 2.90. The molecule has 3 aromatic rings. The van der Waals surface area contributed by atoms with Gasteiger partial charge >= 0.3 is 6.18 Å². The van der Waals surface area contributed by atoms with E-state index in [2.05, 4.69) is 22.0 Å². The highest BCUT2D eigenvalue weighted by atomic mass is 19.4. The Morgan fingerprint density at radius 1 is 1.03 bits per heavy atom. The fraction of sp³-hybridized carbons (Fsp3) is 0.393. The number of amides is 1. The molecule has 5 rings (SSSR count). The van der Waals surface area contributed by atoms with Crippen LogP contribution >= 0.6 is 0 Å². The summed E-state index contributed by atoms with van der Waals surface area (Å²) < 4.78 is 38.6. The molecule has 2 aromatic heterocycles. The van der Waals surface area contributed by atoms with Gasteiger partial charge in [0.05, 0.1) is 23.3 Å². The van der Waals surface area contributed by atoms with Crippen molar-refractivity contribution in [3.8, 4) is 0 Å². The molecule has 0 aliphatic carbocycles. The molecule has 1 aromatic carbocycles. The van der Waals surface area contributed by atoms with Gasteiger partial charge in [-0.15, -0.1) is 0 Å². The van der Waals surface area contributed by atoms with Crippen LogP contribution in [0.1, 0.15) is 31.5 Å². The zero-order chi connectivity index (χ0) is 26.2. The third kappa shape index (κ3) is 5.46. The van der Waals surface area contributed by atoms with Crippen molar-refractivity contribution in [3.63, 3.8) is 0 Å². The Labute approximate surface area is 214 Å². The smallest absolute Gasteiger partial charge is 0.354 e. The molecule has 0 radical (unpaired) electrons. The summed E-state index contributed by atoms with van der Waals surface area (Å²) in [6.07, 6.45) is -0.664. The Bertz CT molecular complexity index is 1300. The quantitative estimate of drug-likeness (QED) is 0.503. The number of rotatable bonds is 4. The zero-order valence-corrected chi connectivity index (χ0v) is 20.9. The number of benzene rings is 1. The first-order valence-electron chi connectivity index (χ1n) is 12.6. The van der Waals surface area contributed by atoms with Gasteiger partial charge in [0, 0.05) is 49.8 Å². The summed E-state index contributed by atoms with van der Waals surface area (Å²) in [5, 5.41) is 1.11. The largest absolute Gasteiger partial charge is 0.417 e. The first-order valence-corrected chi connectivity index (χ1v) is 12.6. The van der Waals surface area contributed by atoms with E-state index in [4.69, 9.17) is 4.98 Å². The van der Waals surface area contributed by atoms with E-state index < -0.39 is 11.7 Å². The van der Waals surface area contributed by atoms with Crippen LogP contribution in [0.15, 0.2) is 60.8 Å². The van der Waals surface area contributed by atoms with Gasteiger partial charge in [-0.1, -0.05) is 30.3 Å². The van der Waals surface area contributed by atoms with Crippen LogP contribution in [-0.4, -0.2) is 70.5 Å². The van der Waals surface area contributed by atoms with Crippen molar-refractivity contribution in [1.82, 2.24) is 19.8 Å². The van der Waals surface area contributed by atoms with Crippen LogP contribution in [0.3, 0.4) is 0 Å². The third-order valence-electron chi connectivity index (χ3n) is 7.31. The summed E-state index contributed by atoms with van der Waals surface area (Å²) in [5.74, 6) is 0.607. The van der Waals surface area contributed by atoms with Crippen LogP contribution in [0.25, 0.3) is 16.5 Å². The minimum absolute atomic E-state index is 0.0505. The van der Waals surface area contributed by atoms with E-state index in [1.165, 1.54) is 6.07 Å². The molecule has 6 nitrogen and oxygen atoms in total. The second kappa shape index (κ2) is 10.1. The highest BCUT2D eigenvalue weighted by molar-refractivity contribution is 5.82. The molecule has 2 aliphatic rings. The van der Waals surface area contributed by atoms with Gasteiger partial charge in [-0.3, -0.25) is 9.69 Å². The molecule has 1 fully saturated rings. The Morgan fingerprint density at radius 3 is 2.43 bits per heavy atom.